The van der Waals surface area contributed by atoms with Gasteiger partial charge in [-0.3, -0.25) is 4.79 Å². The SMILES string of the molecule is CCN(CC)CCNC(=O)Nc1ccc2c(c1)N(Cc1ccccc1)C(=O)c1ccccc1S2. The Bertz CT molecular complexity index is 1150. The normalized spacial score (nSPS) is 12.7. The van der Waals surface area contributed by atoms with E-state index in [1.807, 2.05) is 72.8 Å². The maximum Gasteiger partial charge on any atom is 0.319 e. The number of anilines is 2. The number of carbonyl (C=O) groups is 2. The summed E-state index contributed by atoms with van der Waals surface area (Å²) in [6.45, 7) is 7.95. The molecule has 3 aromatic rings. The van der Waals surface area contributed by atoms with Gasteiger partial charge < -0.3 is 20.4 Å². The van der Waals surface area contributed by atoms with Crippen LogP contribution < -0.4 is 15.5 Å². The van der Waals surface area contributed by atoms with Crippen molar-refractivity contribution < 1.29 is 9.59 Å². The highest BCUT2D eigenvalue weighted by Crippen LogP contribution is 2.43. The Morgan fingerprint density at radius 1 is 0.941 bits per heavy atom. The minimum absolute atomic E-state index is 0.0495. The van der Waals surface area contributed by atoms with Crippen molar-refractivity contribution in [1.29, 1.82) is 0 Å². The van der Waals surface area contributed by atoms with E-state index < -0.39 is 0 Å². The summed E-state index contributed by atoms with van der Waals surface area (Å²) in [5.41, 5.74) is 3.16. The average molecular weight is 475 g/mol. The second-order valence-electron chi connectivity index (χ2n) is 8.07. The molecule has 0 saturated carbocycles. The van der Waals surface area contributed by atoms with Gasteiger partial charge in [-0.1, -0.05) is 68.1 Å². The lowest BCUT2D eigenvalue weighted by molar-refractivity contribution is 0.0982. The second kappa shape index (κ2) is 11.2. The molecule has 0 spiro atoms. The van der Waals surface area contributed by atoms with Crippen LogP contribution in [0.25, 0.3) is 0 Å². The van der Waals surface area contributed by atoms with Crippen LogP contribution in [0, 0.1) is 0 Å². The second-order valence-corrected chi connectivity index (χ2v) is 9.15. The van der Waals surface area contributed by atoms with Crippen LogP contribution in [-0.2, 0) is 6.54 Å². The summed E-state index contributed by atoms with van der Waals surface area (Å²) in [4.78, 5) is 32.1. The van der Waals surface area contributed by atoms with Gasteiger partial charge in [0.1, 0.15) is 0 Å². The van der Waals surface area contributed by atoms with E-state index in [4.69, 9.17) is 0 Å². The molecule has 2 N–H and O–H groups in total. The molecule has 0 aliphatic carbocycles. The number of hydrogen-bond acceptors (Lipinski definition) is 4. The molecule has 7 heteroatoms. The number of benzene rings is 3. The minimum Gasteiger partial charge on any atom is -0.337 e. The summed E-state index contributed by atoms with van der Waals surface area (Å²) in [7, 11) is 0. The highest BCUT2D eigenvalue weighted by molar-refractivity contribution is 7.99. The summed E-state index contributed by atoms with van der Waals surface area (Å²) in [5, 5.41) is 5.85. The summed E-state index contributed by atoms with van der Waals surface area (Å²) in [5.74, 6) is -0.0495. The van der Waals surface area contributed by atoms with Gasteiger partial charge in [0.2, 0.25) is 0 Å². The van der Waals surface area contributed by atoms with Gasteiger partial charge in [0.05, 0.1) is 17.8 Å². The summed E-state index contributed by atoms with van der Waals surface area (Å²) < 4.78 is 0. The number of likely N-dealkylation sites (N-methyl/N-ethyl adjacent to an activating group) is 1. The number of rotatable bonds is 8. The Kier molecular flexibility index (Phi) is 7.87. The first-order valence-corrected chi connectivity index (χ1v) is 12.4. The first kappa shape index (κ1) is 23.9. The molecule has 0 bridgehead atoms. The van der Waals surface area contributed by atoms with Crippen LogP contribution in [0.15, 0.2) is 82.6 Å². The predicted molar refractivity (Wildman–Crippen MR) is 139 cm³/mol. The van der Waals surface area contributed by atoms with E-state index in [1.54, 1.807) is 16.7 Å². The van der Waals surface area contributed by atoms with E-state index in [1.165, 1.54) is 0 Å². The molecule has 1 heterocycles. The molecule has 34 heavy (non-hydrogen) atoms. The number of nitrogens with zero attached hydrogens (tertiary/aromatic N) is 2. The monoisotopic (exact) mass is 474 g/mol. The Morgan fingerprint density at radius 2 is 1.68 bits per heavy atom. The van der Waals surface area contributed by atoms with Crippen LogP contribution >= 0.6 is 11.8 Å². The van der Waals surface area contributed by atoms with Gasteiger partial charge in [0.25, 0.3) is 5.91 Å². The van der Waals surface area contributed by atoms with Gasteiger partial charge in [-0.15, -0.1) is 0 Å². The summed E-state index contributed by atoms with van der Waals surface area (Å²) in [6.07, 6.45) is 0. The zero-order valence-corrected chi connectivity index (χ0v) is 20.4. The molecular weight excluding hydrogens is 444 g/mol. The van der Waals surface area contributed by atoms with Crippen molar-refractivity contribution in [1.82, 2.24) is 10.2 Å². The molecular formula is C27H30N4O2S. The molecule has 3 aromatic carbocycles. The largest absolute Gasteiger partial charge is 0.337 e. The Hall–Kier alpha value is -3.29. The van der Waals surface area contributed by atoms with Crippen molar-refractivity contribution >= 4 is 35.1 Å². The molecule has 6 nitrogen and oxygen atoms in total. The van der Waals surface area contributed by atoms with Crippen LogP contribution in [0.5, 0.6) is 0 Å². The summed E-state index contributed by atoms with van der Waals surface area (Å²) in [6, 6.07) is 23.1. The predicted octanol–water partition coefficient (Wildman–Crippen LogP) is 5.46. The lowest BCUT2D eigenvalue weighted by Gasteiger charge is -2.24. The first-order valence-electron chi connectivity index (χ1n) is 11.6. The maximum absolute atomic E-state index is 13.6. The van der Waals surface area contributed by atoms with Gasteiger partial charge in [0, 0.05) is 28.6 Å². The zero-order valence-electron chi connectivity index (χ0n) is 19.6. The number of amides is 3. The van der Waals surface area contributed by atoms with E-state index in [-0.39, 0.29) is 11.9 Å². The van der Waals surface area contributed by atoms with Crippen LogP contribution in [0.1, 0.15) is 29.8 Å². The summed E-state index contributed by atoms with van der Waals surface area (Å²) >= 11 is 1.57. The molecule has 0 fully saturated rings. The lowest BCUT2D eigenvalue weighted by Crippen LogP contribution is -2.37. The zero-order chi connectivity index (χ0) is 23.9. The van der Waals surface area contributed by atoms with Crippen molar-refractivity contribution in [3.8, 4) is 0 Å². The van der Waals surface area contributed by atoms with E-state index in [0.717, 1.165) is 40.7 Å². The van der Waals surface area contributed by atoms with Gasteiger partial charge >= 0.3 is 6.03 Å². The fourth-order valence-electron chi connectivity index (χ4n) is 3.96. The van der Waals surface area contributed by atoms with Crippen LogP contribution in [0.2, 0.25) is 0 Å². The van der Waals surface area contributed by atoms with Crippen molar-refractivity contribution in [2.75, 3.05) is 36.4 Å². The van der Waals surface area contributed by atoms with Gasteiger partial charge in [-0.05, 0) is 49.0 Å². The third-order valence-electron chi connectivity index (χ3n) is 5.88. The van der Waals surface area contributed by atoms with Gasteiger partial charge in [-0.2, -0.15) is 0 Å². The third-order valence-corrected chi connectivity index (χ3v) is 7.02. The van der Waals surface area contributed by atoms with Gasteiger partial charge in [0.15, 0.2) is 0 Å². The number of nitrogens with one attached hydrogen (secondary N) is 2. The average Bonchev–Trinajstić information content (AvgIpc) is 2.97. The molecule has 1 aliphatic heterocycles. The van der Waals surface area contributed by atoms with Crippen LogP contribution in [-0.4, -0.2) is 43.0 Å². The number of urea groups is 1. The van der Waals surface area contributed by atoms with Crippen molar-refractivity contribution in [2.45, 2.75) is 30.2 Å². The highest BCUT2D eigenvalue weighted by Gasteiger charge is 2.27. The topological polar surface area (TPSA) is 64.7 Å². The van der Waals surface area contributed by atoms with E-state index in [0.29, 0.717) is 24.3 Å². The molecule has 4 rings (SSSR count). The molecule has 0 radical (unpaired) electrons. The Morgan fingerprint density at radius 3 is 2.44 bits per heavy atom. The third kappa shape index (κ3) is 5.61. The highest BCUT2D eigenvalue weighted by atomic mass is 32.2. The molecule has 0 unspecified atom stereocenters. The Balaban J connectivity index is 1.58. The van der Waals surface area contributed by atoms with Crippen molar-refractivity contribution in [2.24, 2.45) is 0 Å². The molecule has 0 saturated heterocycles. The lowest BCUT2D eigenvalue weighted by atomic mass is 10.1. The molecule has 0 aromatic heterocycles. The maximum atomic E-state index is 13.6. The molecule has 0 atom stereocenters. The molecule has 3 amide bonds. The minimum atomic E-state index is -0.252. The fourth-order valence-corrected chi connectivity index (χ4v) is 5.02. The Labute approximate surface area is 205 Å². The van der Waals surface area contributed by atoms with Crippen molar-refractivity contribution in [3.63, 3.8) is 0 Å². The van der Waals surface area contributed by atoms with Crippen LogP contribution in [0.3, 0.4) is 0 Å². The van der Waals surface area contributed by atoms with Gasteiger partial charge in [-0.25, -0.2) is 4.79 Å². The fraction of sp³-hybridized carbons (Fsp3) is 0.259. The molecule has 1 aliphatic rings. The van der Waals surface area contributed by atoms with E-state index in [2.05, 4.69) is 29.4 Å². The van der Waals surface area contributed by atoms with Crippen molar-refractivity contribution in [3.05, 3.63) is 83.9 Å². The number of hydrogen-bond donors (Lipinski definition) is 2. The van der Waals surface area contributed by atoms with Crippen LogP contribution in [0.4, 0.5) is 16.2 Å². The number of fused-ring (bicyclic) bond motifs is 2. The van der Waals surface area contributed by atoms with E-state index in [9.17, 15) is 9.59 Å². The van der Waals surface area contributed by atoms with E-state index >= 15 is 0 Å². The smallest absolute Gasteiger partial charge is 0.319 e. The first-order chi connectivity index (χ1) is 16.6. The quantitative estimate of drug-likeness (QED) is 0.455. The standard InChI is InChI=1S/C27H30N4O2S/c1-3-30(4-2)17-16-28-27(33)29-21-14-15-25-23(18-21)31(19-20-10-6-5-7-11-20)26(32)22-12-8-9-13-24(22)34-25/h5-15,18H,3-4,16-17,19H2,1-2H3,(H2,28,29,33). The molecule has 176 valence electrons. The number of carbonyl (C=O) groups excluding carboxylic acids is 2.